The Labute approximate surface area is 159 Å². The van der Waals surface area contributed by atoms with E-state index in [0.29, 0.717) is 6.54 Å². The quantitative estimate of drug-likeness (QED) is 0.634. The molecule has 3 aromatic heterocycles. The van der Waals surface area contributed by atoms with E-state index in [0.717, 1.165) is 12.1 Å². The number of hydrogen-bond acceptors (Lipinski definition) is 5. The smallest absolute Gasteiger partial charge is 0.328 e. The molecule has 0 bridgehead atoms. The first-order valence-electron chi connectivity index (χ1n) is 8.21. The number of aryl methyl sites for hydroxylation is 1. The van der Waals surface area contributed by atoms with Crippen LogP contribution in [0.5, 0.6) is 0 Å². The van der Waals surface area contributed by atoms with E-state index in [2.05, 4.69) is 20.6 Å². The van der Waals surface area contributed by atoms with Crippen molar-refractivity contribution in [3.63, 3.8) is 0 Å². The molecule has 0 saturated carbocycles. The normalized spacial score (nSPS) is 12.1. The van der Waals surface area contributed by atoms with Gasteiger partial charge in [0.15, 0.2) is 11.5 Å². The molecule has 0 spiro atoms. The van der Waals surface area contributed by atoms with Gasteiger partial charge in [-0.1, -0.05) is 11.6 Å². The Bertz CT molecular complexity index is 974. The maximum Gasteiger partial charge on any atom is 0.328 e. The van der Waals surface area contributed by atoms with E-state index in [1.165, 1.54) is 23.9 Å². The first kappa shape index (κ1) is 18.6. The number of halogens is 1. The number of carboxylic acids is 1. The van der Waals surface area contributed by atoms with Crippen LogP contribution in [0.25, 0.3) is 0 Å². The van der Waals surface area contributed by atoms with Crippen molar-refractivity contribution in [1.29, 1.82) is 0 Å². The molecule has 0 radical (unpaired) electrons. The Kier molecular flexibility index (Phi) is 5.26. The summed E-state index contributed by atoms with van der Waals surface area (Å²) in [7, 11) is 0. The van der Waals surface area contributed by atoms with Crippen molar-refractivity contribution in [3.8, 4) is 0 Å². The molecular formula is C16H18ClN7O3. The van der Waals surface area contributed by atoms with E-state index in [4.69, 9.17) is 16.7 Å². The average molecular weight is 392 g/mol. The summed E-state index contributed by atoms with van der Waals surface area (Å²) in [5, 5.41) is 24.3. The zero-order valence-corrected chi connectivity index (χ0v) is 15.5. The molecule has 27 heavy (non-hydrogen) atoms. The summed E-state index contributed by atoms with van der Waals surface area (Å²) in [4.78, 5) is 23.3. The van der Waals surface area contributed by atoms with Gasteiger partial charge >= 0.3 is 5.97 Å². The van der Waals surface area contributed by atoms with Gasteiger partial charge in [-0.15, -0.1) is 0 Å². The van der Waals surface area contributed by atoms with Crippen LogP contribution in [-0.4, -0.2) is 46.3 Å². The van der Waals surface area contributed by atoms with Crippen molar-refractivity contribution >= 4 is 29.3 Å². The zero-order valence-electron chi connectivity index (χ0n) is 14.7. The SMILES string of the molecule is CCn1cc(Cn2cc(Cl)c(NC(=O)c3ccn(C(C)C(=O)O)n3)n2)cn1. The number of carbonyl (C=O) groups excluding carboxylic acids is 1. The second kappa shape index (κ2) is 7.62. The fraction of sp³-hybridized carbons (Fsp3) is 0.312. The van der Waals surface area contributed by atoms with Crippen LogP contribution in [-0.2, 0) is 17.9 Å². The number of nitrogens with one attached hydrogen (secondary N) is 1. The number of nitrogens with zero attached hydrogens (tertiary/aromatic N) is 6. The third-order valence-electron chi connectivity index (χ3n) is 3.90. The fourth-order valence-electron chi connectivity index (χ4n) is 2.37. The number of carbonyl (C=O) groups is 2. The Hall–Kier alpha value is -3.14. The summed E-state index contributed by atoms with van der Waals surface area (Å²) >= 11 is 6.15. The van der Waals surface area contributed by atoms with Crippen LogP contribution in [0.3, 0.4) is 0 Å². The molecule has 0 aromatic carbocycles. The second-order valence-corrected chi connectivity index (χ2v) is 6.28. The molecule has 1 unspecified atom stereocenters. The summed E-state index contributed by atoms with van der Waals surface area (Å²) in [6, 6.07) is 0.553. The van der Waals surface area contributed by atoms with Gasteiger partial charge < -0.3 is 10.4 Å². The van der Waals surface area contributed by atoms with Gasteiger partial charge in [-0.05, 0) is 19.9 Å². The number of aromatic nitrogens is 6. The van der Waals surface area contributed by atoms with E-state index in [-0.39, 0.29) is 16.5 Å². The molecule has 1 atom stereocenters. The number of amides is 1. The number of hydrogen-bond donors (Lipinski definition) is 2. The van der Waals surface area contributed by atoms with Crippen LogP contribution in [0.4, 0.5) is 5.82 Å². The Morgan fingerprint density at radius 1 is 1.30 bits per heavy atom. The van der Waals surface area contributed by atoms with E-state index in [1.807, 2.05) is 13.1 Å². The highest BCUT2D eigenvalue weighted by atomic mass is 35.5. The largest absolute Gasteiger partial charge is 0.480 e. The van der Waals surface area contributed by atoms with Crippen molar-refractivity contribution < 1.29 is 14.7 Å². The Morgan fingerprint density at radius 3 is 2.74 bits per heavy atom. The Balaban J connectivity index is 1.69. The topological polar surface area (TPSA) is 120 Å². The second-order valence-electron chi connectivity index (χ2n) is 5.88. The van der Waals surface area contributed by atoms with Crippen molar-refractivity contribution in [1.82, 2.24) is 29.3 Å². The molecule has 0 aliphatic rings. The van der Waals surface area contributed by atoms with Crippen LogP contribution in [0.15, 0.2) is 30.9 Å². The minimum absolute atomic E-state index is 0.0675. The van der Waals surface area contributed by atoms with Gasteiger partial charge in [0, 0.05) is 30.7 Å². The lowest BCUT2D eigenvalue weighted by Gasteiger charge is -2.05. The molecule has 11 heteroatoms. The standard InChI is InChI=1S/C16H18ClN7O3/c1-3-22-7-11(6-18-22)8-23-9-12(17)14(21-23)19-15(25)13-4-5-24(20-13)10(2)16(26)27/h4-7,9-10H,3,8H2,1-2H3,(H,26,27)(H,19,21,25). The van der Waals surface area contributed by atoms with Crippen molar-refractivity contribution in [3.05, 3.63) is 47.1 Å². The lowest BCUT2D eigenvalue weighted by molar-refractivity contribution is -0.140. The molecule has 0 aliphatic carbocycles. The van der Waals surface area contributed by atoms with Gasteiger partial charge in [-0.3, -0.25) is 18.8 Å². The van der Waals surface area contributed by atoms with Crippen LogP contribution < -0.4 is 5.32 Å². The van der Waals surface area contributed by atoms with E-state index >= 15 is 0 Å². The van der Waals surface area contributed by atoms with Gasteiger partial charge in [0.2, 0.25) is 0 Å². The molecule has 142 valence electrons. The van der Waals surface area contributed by atoms with E-state index in [1.54, 1.807) is 21.8 Å². The molecule has 10 nitrogen and oxygen atoms in total. The average Bonchev–Trinajstić information content (AvgIpc) is 3.35. The first-order chi connectivity index (χ1) is 12.9. The molecule has 3 rings (SSSR count). The van der Waals surface area contributed by atoms with Gasteiger partial charge in [0.1, 0.15) is 11.1 Å². The van der Waals surface area contributed by atoms with Crippen LogP contribution >= 0.6 is 11.6 Å². The minimum Gasteiger partial charge on any atom is -0.480 e. The van der Waals surface area contributed by atoms with Gasteiger partial charge in [0.05, 0.1) is 12.7 Å². The van der Waals surface area contributed by atoms with Crippen molar-refractivity contribution in [2.45, 2.75) is 33.0 Å². The maximum absolute atomic E-state index is 12.3. The molecule has 1 amide bonds. The van der Waals surface area contributed by atoms with Crippen molar-refractivity contribution in [2.24, 2.45) is 0 Å². The number of carboxylic acid groups (broad SMARTS) is 1. The molecule has 3 aromatic rings. The summed E-state index contributed by atoms with van der Waals surface area (Å²) in [6.07, 6.45) is 6.68. The molecular weight excluding hydrogens is 374 g/mol. The van der Waals surface area contributed by atoms with Crippen molar-refractivity contribution in [2.75, 3.05) is 5.32 Å². The Morgan fingerprint density at radius 2 is 2.07 bits per heavy atom. The maximum atomic E-state index is 12.3. The first-order valence-corrected chi connectivity index (χ1v) is 8.58. The predicted molar refractivity (Wildman–Crippen MR) is 96.8 cm³/mol. The zero-order chi connectivity index (χ0) is 19.6. The summed E-state index contributed by atoms with van der Waals surface area (Å²) in [5.74, 6) is -1.37. The molecule has 2 N–H and O–H groups in total. The highest BCUT2D eigenvalue weighted by Gasteiger charge is 2.18. The van der Waals surface area contributed by atoms with E-state index in [9.17, 15) is 9.59 Å². The summed E-state index contributed by atoms with van der Waals surface area (Å²) < 4.78 is 4.60. The molecule has 0 aliphatic heterocycles. The van der Waals surface area contributed by atoms with Gasteiger partial charge in [0.25, 0.3) is 5.91 Å². The van der Waals surface area contributed by atoms with E-state index < -0.39 is 17.9 Å². The summed E-state index contributed by atoms with van der Waals surface area (Å²) in [5.41, 5.74) is 1.02. The lowest BCUT2D eigenvalue weighted by atomic mass is 10.3. The summed E-state index contributed by atoms with van der Waals surface area (Å²) in [6.45, 7) is 4.69. The van der Waals surface area contributed by atoms with Crippen LogP contribution in [0.2, 0.25) is 5.02 Å². The predicted octanol–water partition coefficient (Wildman–Crippen LogP) is 1.90. The lowest BCUT2D eigenvalue weighted by Crippen LogP contribution is -2.18. The van der Waals surface area contributed by atoms with Gasteiger partial charge in [-0.25, -0.2) is 4.79 Å². The van der Waals surface area contributed by atoms with Crippen LogP contribution in [0.1, 0.15) is 35.9 Å². The molecule has 0 fully saturated rings. The number of rotatable bonds is 7. The molecule has 0 saturated heterocycles. The minimum atomic E-state index is -1.04. The number of aliphatic carboxylic acids is 1. The third-order valence-corrected chi connectivity index (χ3v) is 4.18. The fourth-order valence-corrected chi connectivity index (χ4v) is 2.57. The monoisotopic (exact) mass is 391 g/mol. The highest BCUT2D eigenvalue weighted by Crippen LogP contribution is 2.20. The highest BCUT2D eigenvalue weighted by molar-refractivity contribution is 6.33. The third kappa shape index (κ3) is 4.17. The van der Waals surface area contributed by atoms with Gasteiger partial charge in [-0.2, -0.15) is 15.3 Å². The van der Waals surface area contributed by atoms with Crippen LogP contribution in [0, 0.1) is 0 Å². The number of anilines is 1. The molecule has 3 heterocycles.